The molecule has 0 aliphatic heterocycles. The van der Waals surface area contributed by atoms with Gasteiger partial charge in [0.05, 0.1) is 11.6 Å². The monoisotopic (exact) mass is 375 g/mol. The Bertz CT molecular complexity index is 988. The number of hydrogen-bond donors (Lipinski definition) is 4. The molecule has 0 spiro atoms. The van der Waals surface area contributed by atoms with Gasteiger partial charge in [0.25, 0.3) is 0 Å². The fraction of sp³-hybridized carbons (Fsp3) is 0.0952. The normalized spacial score (nSPS) is 9.54. The summed E-state index contributed by atoms with van der Waals surface area (Å²) in [4.78, 5) is 21.0. The average Bonchev–Trinajstić information content (AvgIpc) is 2.71. The standard InChI is InChI=1S/C12H12N2O.C9H9N3O/c13-12(15)14-8-10-6-3-5-9-4-1-2-7-11(9)10;10-5-7-1-3-8(4-2-7)6-12-9(11)13/h1-7H,8H2,(H3,13,14,15);1-4H,6H2,(H3,11,12,13). The van der Waals surface area contributed by atoms with Gasteiger partial charge in [-0.05, 0) is 34.0 Å². The van der Waals surface area contributed by atoms with Crippen LogP contribution in [0, 0.1) is 11.3 Å². The van der Waals surface area contributed by atoms with Crippen LogP contribution in [0.1, 0.15) is 16.7 Å². The van der Waals surface area contributed by atoms with Crippen molar-refractivity contribution in [1.82, 2.24) is 10.6 Å². The molecule has 4 amide bonds. The van der Waals surface area contributed by atoms with Crippen LogP contribution in [-0.4, -0.2) is 12.1 Å². The van der Waals surface area contributed by atoms with E-state index in [-0.39, 0.29) is 0 Å². The van der Waals surface area contributed by atoms with Crippen LogP contribution in [0.3, 0.4) is 0 Å². The lowest BCUT2D eigenvalue weighted by Gasteiger charge is -2.06. The maximum atomic E-state index is 10.6. The molecule has 0 fully saturated rings. The van der Waals surface area contributed by atoms with E-state index in [4.69, 9.17) is 16.7 Å². The number of carbonyl (C=O) groups is 2. The van der Waals surface area contributed by atoms with Crippen molar-refractivity contribution in [1.29, 1.82) is 5.26 Å². The fourth-order valence-corrected chi connectivity index (χ4v) is 2.52. The largest absolute Gasteiger partial charge is 0.352 e. The van der Waals surface area contributed by atoms with E-state index in [9.17, 15) is 9.59 Å². The maximum absolute atomic E-state index is 10.6. The number of amides is 4. The Morgan fingerprint density at radius 1 is 0.821 bits per heavy atom. The zero-order valence-electron chi connectivity index (χ0n) is 15.2. The minimum atomic E-state index is -0.552. The van der Waals surface area contributed by atoms with Crippen LogP contribution in [0.2, 0.25) is 0 Å². The van der Waals surface area contributed by atoms with Crippen LogP contribution < -0.4 is 22.1 Å². The number of nitriles is 1. The van der Waals surface area contributed by atoms with E-state index in [1.54, 1.807) is 24.3 Å². The first kappa shape index (κ1) is 20.3. The highest BCUT2D eigenvalue weighted by molar-refractivity contribution is 5.86. The van der Waals surface area contributed by atoms with Crippen molar-refractivity contribution in [2.45, 2.75) is 13.1 Å². The minimum absolute atomic E-state index is 0.390. The number of benzene rings is 3. The molecule has 0 aliphatic carbocycles. The van der Waals surface area contributed by atoms with Crippen molar-refractivity contribution in [2.24, 2.45) is 11.5 Å². The molecule has 3 aromatic carbocycles. The number of nitrogens with zero attached hydrogens (tertiary/aromatic N) is 1. The molecular weight excluding hydrogens is 354 g/mol. The average molecular weight is 375 g/mol. The lowest BCUT2D eigenvalue weighted by Crippen LogP contribution is -2.28. The summed E-state index contributed by atoms with van der Waals surface area (Å²) < 4.78 is 0. The molecule has 3 rings (SSSR count). The van der Waals surface area contributed by atoms with Crippen molar-refractivity contribution < 1.29 is 9.59 Å². The molecule has 0 atom stereocenters. The topological polar surface area (TPSA) is 134 Å². The Labute approximate surface area is 162 Å². The molecule has 7 heteroatoms. The number of hydrogen-bond acceptors (Lipinski definition) is 3. The van der Waals surface area contributed by atoms with Crippen LogP contribution in [0.5, 0.6) is 0 Å². The number of carbonyl (C=O) groups excluding carboxylic acids is 2. The van der Waals surface area contributed by atoms with E-state index in [0.717, 1.165) is 16.5 Å². The summed E-state index contributed by atoms with van der Waals surface area (Å²) in [5.74, 6) is 0. The van der Waals surface area contributed by atoms with E-state index in [1.807, 2.05) is 48.5 Å². The third-order valence-electron chi connectivity index (χ3n) is 3.88. The van der Waals surface area contributed by atoms with Crippen molar-refractivity contribution in [3.8, 4) is 6.07 Å². The third-order valence-corrected chi connectivity index (χ3v) is 3.88. The van der Waals surface area contributed by atoms with Gasteiger partial charge in [-0.2, -0.15) is 5.26 Å². The van der Waals surface area contributed by atoms with Gasteiger partial charge in [0, 0.05) is 13.1 Å². The number of nitrogens with one attached hydrogen (secondary N) is 2. The lowest BCUT2D eigenvalue weighted by atomic mass is 10.0. The van der Waals surface area contributed by atoms with Crippen LogP contribution in [-0.2, 0) is 13.1 Å². The Morgan fingerprint density at radius 2 is 1.43 bits per heavy atom. The molecule has 0 bridgehead atoms. The summed E-state index contributed by atoms with van der Waals surface area (Å²) >= 11 is 0. The zero-order valence-corrected chi connectivity index (χ0v) is 15.2. The van der Waals surface area contributed by atoms with Gasteiger partial charge >= 0.3 is 12.1 Å². The van der Waals surface area contributed by atoms with E-state index < -0.39 is 12.1 Å². The van der Waals surface area contributed by atoms with Crippen LogP contribution in [0.4, 0.5) is 9.59 Å². The molecule has 6 N–H and O–H groups in total. The molecule has 0 unspecified atom stereocenters. The lowest BCUT2D eigenvalue weighted by molar-refractivity contribution is 0.247. The number of nitrogens with two attached hydrogens (primary N) is 2. The third kappa shape index (κ3) is 6.35. The Balaban J connectivity index is 0.000000203. The van der Waals surface area contributed by atoms with Crippen molar-refractivity contribution in [2.75, 3.05) is 0 Å². The van der Waals surface area contributed by atoms with E-state index >= 15 is 0 Å². The summed E-state index contributed by atoms with van der Waals surface area (Å²) in [5.41, 5.74) is 12.5. The molecule has 0 heterocycles. The molecule has 0 saturated carbocycles. The number of primary amides is 2. The Morgan fingerprint density at radius 3 is 2.07 bits per heavy atom. The summed E-state index contributed by atoms with van der Waals surface area (Å²) in [6.07, 6.45) is 0. The number of fused-ring (bicyclic) bond motifs is 1. The van der Waals surface area contributed by atoms with Gasteiger partial charge in [0.15, 0.2) is 0 Å². The number of rotatable bonds is 4. The molecule has 0 saturated heterocycles. The van der Waals surface area contributed by atoms with Crippen molar-refractivity contribution >= 4 is 22.8 Å². The quantitative estimate of drug-likeness (QED) is 0.558. The molecule has 0 radical (unpaired) electrons. The molecule has 142 valence electrons. The molecule has 3 aromatic rings. The molecular formula is C21H21N5O2. The van der Waals surface area contributed by atoms with E-state index in [1.165, 1.54) is 5.39 Å². The van der Waals surface area contributed by atoms with Crippen LogP contribution >= 0.6 is 0 Å². The molecule has 28 heavy (non-hydrogen) atoms. The van der Waals surface area contributed by atoms with Gasteiger partial charge in [0.2, 0.25) is 0 Å². The Hall–Kier alpha value is -4.05. The maximum Gasteiger partial charge on any atom is 0.312 e. The predicted molar refractivity (Wildman–Crippen MR) is 108 cm³/mol. The summed E-state index contributed by atoms with van der Waals surface area (Å²) in [5, 5.41) is 15.9. The van der Waals surface area contributed by atoms with Gasteiger partial charge in [-0.3, -0.25) is 0 Å². The highest BCUT2D eigenvalue weighted by atomic mass is 16.2. The second-order valence-corrected chi connectivity index (χ2v) is 5.88. The van der Waals surface area contributed by atoms with Gasteiger partial charge < -0.3 is 22.1 Å². The summed E-state index contributed by atoms with van der Waals surface area (Å²) in [7, 11) is 0. The van der Waals surface area contributed by atoms with Gasteiger partial charge in [0.1, 0.15) is 0 Å². The second-order valence-electron chi connectivity index (χ2n) is 5.88. The van der Waals surface area contributed by atoms with Crippen LogP contribution in [0.15, 0.2) is 66.7 Å². The highest BCUT2D eigenvalue weighted by Gasteiger charge is 2.00. The second kappa shape index (κ2) is 10.2. The molecule has 0 aromatic heterocycles. The zero-order chi connectivity index (χ0) is 20.4. The molecule has 7 nitrogen and oxygen atoms in total. The highest BCUT2D eigenvalue weighted by Crippen LogP contribution is 2.17. The van der Waals surface area contributed by atoms with Gasteiger partial charge in [-0.15, -0.1) is 0 Å². The first-order valence-corrected chi connectivity index (χ1v) is 8.52. The SMILES string of the molecule is N#Cc1ccc(CNC(N)=O)cc1.NC(=O)NCc1cccc2ccccc12. The Kier molecular flexibility index (Phi) is 7.37. The van der Waals surface area contributed by atoms with E-state index in [0.29, 0.717) is 18.7 Å². The number of urea groups is 2. The van der Waals surface area contributed by atoms with Gasteiger partial charge in [-0.1, -0.05) is 54.6 Å². The summed E-state index contributed by atoms with van der Waals surface area (Å²) in [6.45, 7) is 0.859. The molecule has 0 aliphatic rings. The van der Waals surface area contributed by atoms with Crippen molar-refractivity contribution in [3.05, 3.63) is 83.4 Å². The summed E-state index contributed by atoms with van der Waals surface area (Å²) in [6, 6.07) is 21.9. The first-order chi connectivity index (χ1) is 13.5. The predicted octanol–water partition coefficient (Wildman–Crippen LogP) is 2.73. The van der Waals surface area contributed by atoms with E-state index in [2.05, 4.69) is 10.6 Å². The van der Waals surface area contributed by atoms with Gasteiger partial charge in [-0.25, -0.2) is 9.59 Å². The fourth-order valence-electron chi connectivity index (χ4n) is 2.52. The first-order valence-electron chi connectivity index (χ1n) is 8.52. The smallest absolute Gasteiger partial charge is 0.312 e. The van der Waals surface area contributed by atoms with Crippen molar-refractivity contribution in [3.63, 3.8) is 0 Å². The van der Waals surface area contributed by atoms with Crippen LogP contribution in [0.25, 0.3) is 10.8 Å². The minimum Gasteiger partial charge on any atom is -0.352 e.